The van der Waals surface area contributed by atoms with E-state index in [-0.39, 0.29) is 5.91 Å². The molecule has 1 saturated carbocycles. The normalized spacial score (nSPS) is 22.7. The first kappa shape index (κ1) is 19.1. The standard InChI is InChI=1S/C18H19BrClN3O3/c19-10-4-5-13(12(20)8-10)22-15-9-21-7-6-11(15)18(26)23-14-2-1-3-16(24)17(14)25/h4-9,14,16-17,22,24-25H,1-3H2,(H,23,26). The molecule has 1 fully saturated rings. The summed E-state index contributed by atoms with van der Waals surface area (Å²) in [5.74, 6) is -0.346. The largest absolute Gasteiger partial charge is 0.390 e. The van der Waals surface area contributed by atoms with Crippen molar-refractivity contribution in [1.82, 2.24) is 10.3 Å². The number of hydrogen-bond donors (Lipinski definition) is 4. The van der Waals surface area contributed by atoms with Crippen LogP contribution in [0.15, 0.2) is 41.1 Å². The third-order valence-electron chi connectivity index (χ3n) is 4.40. The predicted molar refractivity (Wildman–Crippen MR) is 104 cm³/mol. The maximum Gasteiger partial charge on any atom is 0.253 e. The maximum atomic E-state index is 12.7. The lowest BCUT2D eigenvalue weighted by Gasteiger charge is -2.32. The Bertz CT molecular complexity index is 805. The molecule has 8 heteroatoms. The SMILES string of the molecule is O=C(NC1CCCC(O)C1O)c1ccncc1Nc1ccc(Br)cc1Cl. The topological polar surface area (TPSA) is 94.5 Å². The Morgan fingerprint density at radius 1 is 1.23 bits per heavy atom. The lowest BCUT2D eigenvalue weighted by Crippen LogP contribution is -2.51. The monoisotopic (exact) mass is 439 g/mol. The summed E-state index contributed by atoms with van der Waals surface area (Å²) in [5, 5.41) is 26.3. The minimum absolute atomic E-state index is 0.346. The van der Waals surface area contributed by atoms with Gasteiger partial charge >= 0.3 is 0 Å². The highest BCUT2D eigenvalue weighted by molar-refractivity contribution is 9.10. The second-order valence-electron chi connectivity index (χ2n) is 6.24. The molecule has 1 aliphatic rings. The third-order valence-corrected chi connectivity index (χ3v) is 5.21. The molecule has 0 spiro atoms. The van der Waals surface area contributed by atoms with E-state index in [1.165, 1.54) is 6.20 Å². The van der Waals surface area contributed by atoms with Gasteiger partial charge in [0.15, 0.2) is 0 Å². The lowest BCUT2D eigenvalue weighted by atomic mass is 9.90. The van der Waals surface area contributed by atoms with Crippen LogP contribution >= 0.6 is 27.5 Å². The second-order valence-corrected chi connectivity index (χ2v) is 7.56. The lowest BCUT2D eigenvalue weighted by molar-refractivity contribution is -0.0277. The Morgan fingerprint density at radius 2 is 2.04 bits per heavy atom. The van der Waals surface area contributed by atoms with Gasteiger partial charge in [0, 0.05) is 10.7 Å². The zero-order chi connectivity index (χ0) is 18.7. The first-order valence-corrected chi connectivity index (χ1v) is 9.46. The van der Waals surface area contributed by atoms with Crippen molar-refractivity contribution in [2.45, 2.75) is 37.5 Å². The smallest absolute Gasteiger partial charge is 0.253 e. The van der Waals surface area contributed by atoms with Crippen LogP contribution in [-0.4, -0.2) is 39.4 Å². The molecular weight excluding hydrogens is 422 g/mol. The van der Waals surface area contributed by atoms with Gasteiger partial charge in [-0.05, 0) is 43.5 Å². The molecule has 1 aromatic carbocycles. The van der Waals surface area contributed by atoms with E-state index in [0.29, 0.717) is 34.8 Å². The van der Waals surface area contributed by atoms with Gasteiger partial charge in [-0.15, -0.1) is 0 Å². The van der Waals surface area contributed by atoms with Crippen molar-refractivity contribution in [3.8, 4) is 0 Å². The van der Waals surface area contributed by atoms with E-state index >= 15 is 0 Å². The van der Waals surface area contributed by atoms with Crippen molar-refractivity contribution in [3.05, 3.63) is 51.7 Å². The number of benzene rings is 1. The molecule has 0 saturated heterocycles. The number of rotatable bonds is 4. The summed E-state index contributed by atoms with van der Waals surface area (Å²) in [6, 6.07) is 6.49. The molecule has 1 aromatic heterocycles. The van der Waals surface area contributed by atoms with E-state index in [1.807, 2.05) is 6.07 Å². The van der Waals surface area contributed by atoms with Crippen LogP contribution in [0.1, 0.15) is 29.6 Å². The van der Waals surface area contributed by atoms with Gasteiger partial charge < -0.3 is 20.8 Å². The van der Waals surface area contributed by atoms with Gasteiger partial charge in [-0.25, -0.2) is 0 Å². The fourth-order valence-corrected chi connectivity index (χ4v) is 3.71. The number of nitrogens with one attached hydrogen (secondary N) is 2. The van der Waals surface area contributed by atoms with Gasteiger partial charge in [0.05, 0.1) is 46.4 Å². The zero-order valence-electron chi connectivity index (χ0n) is 13.8. The highest BCUT2D eigenvalue weighted by Crippen LogP contribution is 2.29. The van der Waals surface area contributed by atoms with Gasteiger partial charge in [-0.3, -0.25) is 9.78 Å². The number of nitrogens with zero attached hydrogens (tertiary/aromatic N) is 1. The molecule has 26 heavy (non-hydrogen) atoms. The van der Waals surface area contributed by atoms with Crippen molar-refractivity contribution in [2.75, 3.05) is 5.32 Å². The number of halogens is 2. The first-order chi connectivity index (χ1) is 12.5. The predicted octanol–water partition coefficient (Wildman–Crippen LogP) is 3.25. The summed E-state index contributed by atoms with van der Waals surface area (Å²) in [6.45, 7) is 0. The molecule has 1 heterocycles. The van der Waals surface area contributed by atoms with Gasteiger partial charge in [0.25, 0.3) is 5.91 Å². The van der Waals surface area contributed by atoms with E-state index in [2.05, 4.69) is 31.5 Å². The molecule has 1 amide bonds. The number of carbonyl (C=O) groups excluding carboxylic acids is 1. The summed E-state index contributed by atoms with van der Waals surface area (Å²) in [6.07, 6.45) is 3.19. The van der Waals surface area contributed by atoms with Crippen LogP contribution < -0.4 is 10.6 Å². The van der Waals surface area contributed by atoms with E-state index in [1.54, 1.807) is 24.4 Å². The number of carbonyl (C=O) groups is 1. The van der Waals surface area contributed by atoms with Crippen molar-refractivity contribution in [2.24, 2.45) is 0 Å². The third kappa shape index (κ3) is 4.35. The van der Waals surface area contributed by atoms with Crippen LogP contribution in [-0.2, 0) is 0 Å². The van der Waals surface area contributed by atoms with Crippen LogP contribution in [0.25, 0.3) is 0 Å². The molecule has 6 nitrogen and oxygen atoms in total. The van der Waals surface area contributed by atoms with Crippen molar-refractivity contribution >= 4 is 44.8 Å². The van der Waals surface area contributed by atoms with Gasteiger partial charge in [0.2, 0.25) is 0 Å². The molecular formula is C18H19BrClN3O3. The fourth-order valence-electron chi connectivity index (χ4n) is 2.99. The summed E-state index contributed by atoms with van der Waals surface area (Å²) in [5.41, 5.74) is 1.52. The van der Waals surface area contributed by atoms with E-state index < -0.39 is 18.2 Å². The average molecular weight is 441 g/mol. The molecule has 3 atom stereocenters. The minimum Gasteiger partial charge on any atom is -0.390 e. The Morgan fingerprint density at radius 3 is 2.81 bits per heavy atom. The Balaban J connectivity index is 1.79. The number of anilines is 2. The van der Waals surface area contributed by atoms with Gasteiger partial charge in [-0.2, -0.15) is 0 Å². The first-order valence-electron chi connectivity index (χ1n) is 8.29. The fraction of sp³-hybridized carbons (Fsp3) is 0.333. The molecule has 1 aliphatic carbocycles. The van der Waals surface area contributed by atoms with E-state index in [0.717, 1.165) is 10.9 Å². The molecule has 2 aromatic rings. The van der Waals surface area contributed by atoms with Crippen LogP contribution in [0.4, 0.5) is 11.4 Å². The Labute approximate surface area is 164 Å². The quantitative estimate of drug-likeness (QED) is 0.585. The summed E-state index contributed by atoms with van der Waals surface area (Å²) in [7, 11) is 0. The highest BCUT2D eigenvalue weighted by Gasteiger charge is 2.32. The van der Waals surface area contributed by atoms with E-state index in [9.17, 15) is 15.0 Å². The van der Waals surface area contributed by atoms with Crippen LogP contribution in [0.2, 0.25) is 5.02 Å². The van der Waals surface area contributed by atoms with Crippen LogP contribution in [0, 0.1) is 0 Å². The van der Waals surface area contributed by atoms with E-state index in [4.69, 9.17) is 11.6 Å². The number of aliphatic hydroxyl groups excluding tert-OH is 2. The summed E-state index contributed by atoms with van der Waals surface area (Å²) in [4.78, 5) is 16.8. The molecule has 0 radical (unpaired) electrons. The van der Waals surface area contributed by atoms with Crippen LogP contribution in [0.3, 0.4) is 0 Å². The second kappa shape index (κ2) is 8.35. The summed E-state index contributed by atoms with van der Waals surface area (Å²) < 4.78 is 0.849. The molecule has 3 rings (SSSR count). The van der Waals surface area contributed by atoms with Gasteiger partial charge in [-0.1, -0.05) is 27.5 Å². The maximum absolute atomic E-state index is 12.7. The number of amides is 1. The number of aliphatic hydroxyl groups is 2. The molecule has 3 unspecified atom stereocenters. The highest BCUT2D eigenvalue weighted by atomic mass is 79.9. The Hall–Kier alpha value is -1.67. The number of hydrogen-bond acceptors (Lipinski definition) is 5. The Kier molecular flexibility index (Phi) is 6.13. The molecule has 4 N–H and O–H groups in total. The molecule has 0 bridgehead atoms. The van der Waals surface area contributed by atoms with Crippen LogP contribution in [0.5, 0.6) is 0 Å². The number of pyridine rings is 1. The minimum atomic E-state index is -0.966. The molecule has 138 valence electrons. The number of aromatic nitrogens is 1. The van der Waals surface area contributed by atoms with Crippen molar-refractivity contribution in [1.29, 1.82) is 0 Å². The van der Waals surface area contributed by atoms with Crippen molar-refractivity contribution in [3.63, 3.8) is 0 Å². The van der Waals surface area contributed by atoms with Crippen molar-refractivity contribution < 1.29 is 15.0 Å². The molecule has 0 aliphatic heterocycles. The average Bonchev–Trinajstić information content (AvgIpc) is 2.62. The zero-order valence-corrected chi connectivity index (χ0v) is 16.2. The van der Waals surface area contributed by atoms with Gasteiger partial charge in [0.1, 0.15) is 0 Å². The summed E-state index contributed by atoms with van der Waals surface area (Å²) >= 11 is 9.58.